The molecule has 0 radical (unpaired) electrons. The van der Waals surface area contributed by atoms with Gasteiger partial charge in [-0.3, -0.25) is 0 Å². The summed E-state index contributed by atoms with van der Waals surface area (Å²) in [7, 11) is 0. The van der Waals surface area contributed by atoms with Crippen LogP contribution in [0, 0.1) is 0 Å². The molecule has 18 heavy (non-hydrogen) atoms. The Morgan fingerprint density at radius 1 is 1.33 bits per heavy atom. The Balaban J connectivity index is 2.01. The van der Waals surface area contributed by atoms with E-state index in [0.717, 1.165) is 5.56 Å². The second kappa shape index (κ2) is 5.33. The summed E-state index contributed by atoms with van der Waals surface area (Å²) in [6, 6.07) is 9.07. The van der Waals surface area contributed by atoms with E-state index in [2.05, 4.69) is 5.32 Å². The Labute approximate surface area is 106 Å². The van der Waals surface area contributed by atoms with Crippen LogP contribution < -0.4 is 5.32 Å². The van der Waals surface area contributed by atoms with Crippen molar-refractivity contribution in [3.8, 4) is 0 Å². The van der Waals surface area contributed by atoms with E-state index in [4.69, 9.17) is 0 Å². The van der Waals surface area contributed by atoms with Crippen molar-refractivity contribution in [3.05, 3.63) is 35.9 Å². The summed E-state index contributed by atoms with van der Waals surface area (Å²) in [6.07, 6.45) is -0.763. The first-order chi connectivity index (χ1) is 8.50. The SMILES string of the molecule is C[C@@H](N[C@H]1CCCC(F)(F)[C@H]1O)c1ccccc1. The Morgan fingerprint density at radius 2 is 2.00 bits per heavy atom. The molecule has 3 atom stereocenters. The number of alkyl halides is 2. The fraction of sp³-hybridized carbons (Fsp3) is 0.571. The third kappa shape index (κ3) is 2.87. The molecule has 0 aliphatic heterocycles. The van der Waals surface area contributed by atoms with Crippen molar-refractivity contribution >= 4 is 0 Å². The summed E-state index contributed by atoms with van der Waals surface area (Å²) in [6.45, 7) is 1.93. The van der Waals surface area contributed by atoms with Crippen LogP contribution in [0.3, 0.4) is 0 Å². The van der Waals surface area contributed by atoms with Gasteiger partial charge in [-0.2, -0.15) is 0 Å². The smallest absolute Gasteiger partial charge is 0.274 e. The third-order valence-electron chi connectivity index (χ3n) is 3.60. The molecule has 2 N–H and O–H groups in total. The van der Waals surface area contributed by atoms with Crippen molar-refractivity contribution in [1.82, 2.24) is 5.32 Å². The van der Waals surface area contributed by atoms with Crippen LogP contribution >= 0.6 is 0 Å². The van der Waals surface area contributed by atoms with Gasteiger partial charge in [0.1, 0.15) is 6.10 Å². The fourth-order valence-corrected chi connectivity index (χ4v) is 2.49. The van der Waals surface area contributed by atoms with Gasteiger partial charge in [0.05, 0.1) is 0 Å². The van der Waals surface area contributed by atoms with Gasteiger partial charge >= 0.3 is 0 Å². The number of nitrogens with one attached hydrogen (secondary N) is 1. The van der Waals surface area contributed by atoms with Crippen LogP contribution in [0.1, 0.15) is 37.8 Å². The summed E-state index contributed by atoms with van der Waals surface area (Å²) < 4.78 is 26.8. The van der Waals surface area contributed by atoms with Crippen molar-refractivity contribution in [2.45, 2.75) is 50.3 Å². The highest BCUT2D eigenvalue weighted by molar-refractivity contribution is 5.18. The Hall–Kier alpha value is -1.00. The van der Waals surface area contributed by atoms with E-state index in [-0.39, 0.29) is 12.5 Å². The highest BCUT2D eigenvalue weighted by Gasteiger charge is 2.46. The number of aliphatic hydroxyl groups is 1. The second-order valence-corrected chi connectivity index (χ2v) is 5.00. The molecular formula is C14H19F2NO. The molecule has 1 aromatic rings. The number of aliphatic hydroxyl groups excluding tert-OH is 1. The lowest BCUT2D eigenvalue weighted by Gasteiger charge is -2.36. The zero-order valence-corrected chi connectivity index (χ0v) is 10.4. The molecule has 0 heterocycles. The van der Waals surface area contributed by atoms with Gasteiger partial charge < -0.3 is 10.4 Å². The van der Waals surface area contributed by atoms with Crippen molar-refractivity contribution in [3.63, 3.8) is 0 Å². The van der Waals surface area contributed by atoms with Gasteiger partial charge in [0.25, 0.3) is 5.92 Å². The minimum atomic E-state index is -2.97. The van der Waals surface area contributed by atoms with Gasteiger partial charge in [-0.25, -0.2) is 8.78 Å². The van der Waals surface area contributed by atoms with Crippen LogP contribution in [0.4, 0.5) is 8.78 Å². The molecule has 1 aliphatic rings. The lowest BCUT2D eigenvalue weighted by Crippen LogP contribution is -2.53. The minimum Gasteiger partial charge on any atom is -0.385 e. The lowest BCUT2D eigenvalue weighted by atomic mass is 9.88. The summed E-state index contributed by atoms with van der Waals surface area (Å²) in [5.74, 6) is -2.97. The van der Waals surface area contributed by atoms with E-state index < -0.39 is 18.1 Å². The maximum Gasteiger partial charge on any atom is 0.274 e. The van der Waals surface area contributed by atoms with Crippen LogP contribution in [0.2, 0.25) is 0 Å². The first-order valence-corrected chi connectivity index (χ1v) is 6.37. The zero-order chi connectivity index (χ0) is 13.2. The van der Waals surface area contributed by atoms with Gasteiger partial charge in [-0.05, 0) is 25.3 Å². The van der Waals surface area contributed by atoms with Gasteiger partial charge in [-0.15, -0.1) is 0 Å². The molecule has 0 unspecified atom stereocenters. The maximum absolute atomic E-state index is 13.4. The average molecular weight is 255 g/mol. The first kappa shape index (κ1) is 13.4. The van der Waals surface area contributed by atoms with Crippen molar-refractivity contribution in [1.29, 1.82) is 0 Å². The van der Waals surface area contributed by atoms with Crippen molar-refractivity contribution in [2.24, 2.45) is 0 Å². The van der Waals surface area contributed by atoms with E-state index in [1.54, 1.807) is 0 Å². The third-order valence-corrected chi connectivity index (χ3v) is 3.60. The molecule has 1 aromatic carbocycles. The summed E-state index contributed by atoms with van der Waals surface area (Å²) in [4.78, 5) is 0. The van der Waals surface area contributed by atoms with Crippen LogP contribution in [0.25, 0.3) is 0 Å². The standard InChI is InChI=1S/C14H19F2NO/c1-10(11-6-3-2-4-7-11)17-12-8-5-9-14(15,16)13(12)18/h2-4,6-7,10,12-13,17-18H,5,8-9H2,1H3/t10-,12+,13+/m1/s1. The molecule has 1 saturated carbocycles. The first-order valence-electron chi connectivity index (χ1n) is 6.37. The van der Waals surface area contributed by atoms with E-state index >= 15 is 0 Å². The molecule has 2 rings (SSSR count). The molecule has 0 aromatic heterocycles. The maximum atomic E-state index is 13.4. The summed E-state index contributed by atoms with van der Waals surface area (Å²) >= 11 is 0. The molecule has 0 saturated heterocycles. The minimum absolute atomic E-state index is 0.0419. The zero-order valence-electron chi connectivity index (χ0n) is 10.4. The van der Waals surface area contributed by atoms with E-state index in [9.17, 15) is 13.9 Å². The van der Waals surface area contributed by atoms with Crippen molar-refractivity contribution in [2.75, 3.05) is 0 Å². The molecule has 2 nitrogen and oxygen atoms in total. The number of benzene rings is 1. The summed E-state index contributed by atoms with van der Waals surface area (Å²) in [5.41, 5.74) is 1.04. The molecule has 100 valence electrons. The van der Waals surface area contributed by atoms with E-state index in [1.807, 2.05) is 37.3 Å². The molecule has 4 heteroatoms. The lowest BCUT2D eigenvalue weighted by molar-refractivity contribution is -0.144. The molecule has 1 fully saturated rings. The molecule has 0 spiro atoms. The van der Waals surface area contributed by atoms with Crippen molar-refractivity contribution < 1.29 is 13.9 Å². The molecule has 0 bridgehead atoms. The molecule has 0 amide bonds. The van der Waals surface area contributed by atoms with Crippen LogP contribution in [0.5, 0.6) is 0 Å². The number of hydrogen-bond donors (Lipinski definition) is 2. The number of rotatable bonds is 3. The highest BCUT2D eigenvalue weighted by Crippen LogP contribution is 2.34. The Kier molecular flexibility index (Phi) is 3.97. The molecule has 1 aliphatic carbocycles. The predicted octanol–water partition coefficient (Wildman–Crippen LogP) is 2.89. The van der Waals surface area contributed by atoms with Gasteiger partial charge in [0, 0.05) is 18.5 Å². The second-order valence-electron chi connectivity index (χ2n) is 5.00. The Morgan fingerprint density at radius 3 is 2.67 bits per heavy atom. The van der Waals surface area contributed by atoms with Gasteiger partial charge in [0.2, 0.25) is 0 Å². The monoisotopic (exact) mass is 255 g/mol. The number of hydrogen-bond acceptors (Lipinski definition) is 2. The number of halogens is 2. The fourth-order valence-electron chi connectivity index (χ4n) is 2.49. The van der Waals surface area contributed by atoms with Gasteiger partial charge in [-0.1, -0.05) is 30.3 Å². The highest BCUT2D eigenvalue weighted by atomic mass is 19.3. The van der Waals surface area contributed by atoms with Crippen LogP contribution in [0.15, 0.2) is 30.3 Å². The Bertz CT molecular complexity index is 383. The van der Waals surface area contributed by atoms with Crippen LogP contribution in [-0.2, 0) is 0 Å². The topological polar surface area (TPSA) is 32.3 Å². The van der Waals surface area contributed by atoms with Gasteiger partial charge in [0.15, 0.2) is 0 Å². The molecular weight excluding hydrogens is 236 g/mol. The van der Waals surface area contributed by atoms with E-state index in [1.165, 1.54) is 0 Å². The normalized spacial score (nSPS) is 28.9. The largest absolute Gasteiger partial charge is 0.385 e. The predicted molar refractivity (Wildman–Crippen MR) is 66.6 cm³/mol. The average Bonchev–Trinajstić information content (AvgIpc) is 2.36. The van der Waals surface area contributed by atoms with Crippen LogP contribution in [-0.4, -0.2) is 23.2 Å². The van der Waals surface area contributed by atoms with E-state index in [0.29, 0.717) is 12.8 Å². The quantitative estimate of drug-likeness (QED) is 0.870. The summed E-state index contributed by atoms with van der Waals surface area (Å²) in [5, 5.41) is 12.8.